The Kier molecular flexibility index (Phi) is 11.1. The molecule has 0 saturated carbocycles. The molecule has 7 heavy (non-hydrogen) atoms. The topological polar surface area (TPSA) is 77.8 Å². The van der Waals surface area contributed by atoms with Gasteiger partial charge in [0, 0.05) is 21.1 Å². The molecule has 0 aromatic heterocycles. The molecule has 0 heterocycles. The van der Waals surface area contributed by atoms with Crippen molar-refractivity contribution in [2.24, 2.45) is 0 Å². The summed E-state index contributed by atoms with van der Waals surface area (Å²) < 4.78 is 8.88. The predicted molar refractivity (Wildman–Crippen MR) is 21.0 cm³/mol. The first-order valence-corrected chi connectivity index (χ1v) is 2.35. The third kappa shape index (κ3) is 246. The van der Waals surface area contributed by atoms with Crippen molar-refractivity contribution in [2.45, 2.75) is 7.43 Å². The fourth-order valence-corrected chi connectivity index (χ4v) is 0. The minimum absolute atomic E-state index is 0. The van der Waals surface area contributed by atoms with Crippen molar-refractivity contribution in [3.8, 4) is 0 Å². The van der Waals surface area contributed by atoms with Crippen LogP contribution in [0.2, 0.25) is 0 Å². The van der Waals surface area contributed by atoms with E-state index in [4.69, 9.17) is 19.2 Å². The zero-order valence-electron chi connectivity index (χ0n) is 2.61. The summed E-state index contributed by atoms with van der Waals surface area (Å²) in [6.07, 6.45) is 0. The molecule has 3 N–H and O–H groups in total. The molecule has 0 spiro atoms. The van der Waals surface area contributed by atoms with Gasteiger partial charge < -0.3 is 14.7 Å². The van der Waals surface area contributed by atoms with E-state index in [1.54, 1.807) is 0 Å². The van der Waals surface area contributed by atoms with Crippen molar-refractivity contribution < 1.29 is 40.3 Å². The van der Waals surface area contributed by atoms with Crippen LogP contribution < -0.4 is 0 Å². The second-order valence-corrected chi connectivity index (χ2v) is 1.54. The zero-order valence-corrected chi connectivity index (χ0v) is 5.51. The van der Waals surface area contributed by atoms with Crippen LogP contribution in [0, 0.1) is 0 Å². The van der Waals surface area contributed by atoms with Crippen LogP contribution in [-0.4, -0.2) is 14.7 Å². The molecule has 0 saturated heterocycles. The van der Waals surface area contributed by atoms with Crippen molar-refractivity contribution in [3.63, 3.8) is 0 Å². The summed E-state index contributed by atoms with van der Waals surface area (Å²) in [5, 5.41) is 0. The van der Waals surface area contributed by atoms with Gasteiger partial charge >= 0.3 is 7.82 Å². The molecule has 0 bridgehead atoms. The average molecular weight is 210 g/mol. The van der Waals surface area contributed by atoms with Gasteiger partial charge in [0.15, 0.2) is 0 Å². The van der Waals surface area contributed by atoms with Crippen LogP contribution >= 0.6 is 7.82 Å². The molecule has 0 rings (SSSR count). The first kappa shape index (κ1) is 15.7. The maximum absolute atomic E-state index is 8.88. The smallest absolute Gasteiger partial charge is 0.303 e. The third-order valence-corrected chi connectivity index (χ3v) is 0. The van der Waals surface area contributed by atoms with E-state index in [9.17, 15) is 0 Å². The van der Waals surface area contributed by atoms with Crippen LogP contribution in [0.5, 0.6) is 0 Å². The first-order chi connectivity index (χ1) is 2.00. The van der Waals surface area contributed by atoms with Crippen LogP contribution in [0.1, 0.15) is 7.43 Å². The molecule has 46 valence electrons. The van der Waals surface area contributed by atoms with Gasteiger partial charge in [-0.05, 0) is 0 Å². The number of phosphoric acid groups is 1. The number of hydrogen-bond acceptors (Lipinski definition) is 1. The molecule has 0 atom stereocenters. The monoisotopic (exact) mass is 212 g/mol. The number of rotatable bonds is 0. The molecule has 0 aliphatic heterocycles. The van der Waals surface area contributed by atoms with Gasteiger partial charge in [-0.15, -0.1) is 0 Å². The van der Waals surface area contributed by atoms with Gasteiger partial charge in [-0.2, -0.15) is 0 Å². The Labute approximate surface area is 56.1 Å². The molecular formula is CH7MoO4P. The second-order valence-electron chi connectivity index (χ2n) is 0.513. The molecule has 0 aliphatic rings. The van der Waals surface area contributed by atoms with Crippen LogP contribution in [0.4, 0.5) is 0 Å². The van der Waals surface area contributed by atoms with E-state index < -0.39 is 7.82 Å². The van der Waals surface area contributed by atoms with Crippen LogP contribution in [0.15, 0.2) is 0 Å². The molecule has 0 radical (unpaired) electrons. The fourth-order valence-electron chi connectivity index (χ4n) is 0. The molecular weight excluding hydrogens is 203 g/mol. The van der Waals surface area contributed by atoms with E-state index in [1.165, 1.54) is 0 Å². The van der Waals surface area contributed by atoms with Crippen LogP contribution in [-0.2, 0) is 25.6 Å². The third-order valence-electron chi connectivity index (χ3n) is 0. The Balaban J connectivity index is -0.0000000800. The molecule has 6 heteroatoms. The molecule has 0 aromatic rings. The van der Waals surface area contributed by atoms with Gasteiger partial charge in [0.25, 0.3) is 0 Å². The van der Waals surface area contributed by atoms with Crippen LogP contribution in [0.3, 0.4) is 0 Å². The van der Waals surface area contributed by atoms with E-state index in [1.807, 2.05) is 0 Å². The Morgan fingerprint density at radius 3 is 1.14 bits per heavy atom. The van der Waals surface area contributed by atoms with Crippen molar-refractivity contribution in [1.82, 2.24) is 0 Å². The molecule has 0 unspecified atom stereocenters. The van der Waals surface area contributed by atoms with E-state index in [0.29, 0.717) is 0 Å². The Morgan fingerprint density at radius 2 is 1.14 bits per heavy atom. The zero-order chi connectivity index (χ0) is 4.50. The molecule has 4 nitrogen and oxygen atoms in total. The summed E-state index contributed by atoms with van der Waals surface area (Å²) in [7, 11) is -4.64. The molecule has 0 aliphatic carbocycles. The van der Waals surface area contributed by atoms with Gasteiger partial charge in [0.1, 0.15) is 0 Å². The first-order valence-electron chi connectivity index (χ1n) is 0.783. The standard InChI is InChI=1S/CH4.Mo.H3O4P/c;;1-5(2,3)4/h1H4;;(H3,1,2,3,4). The van der Waals surface area contributed by atoms with E-state index in [2.05, 4.69) is 0 Å². The van der Waals surface area contributed by atoms with E-state index >= 15 is 0 Å². The summed E-state index contributed by atoms with van der Waals surface area (Å²) in [6.45, 7) is 0. The normalized spacial score (nSPS) is 8.43. The summed E-state index contributed by atoms with van der Waals surface area (Å²) in [5.74, 6) is 0. The largest absolute Gasteiger partial charge is 0.466 e. The summed E-state index contributed by atoms with van der Waals surface area (Å²) in [5.41, 5.74) is 0. The van der Waals surface area contributed by atoms with E-state index in [0.717, 1.165) is 0 Å². The van der Waals surface area contributed by atoms with Gasteiger partial charge in [-0.3, -0.25) is 0 Å². The molecule has 0 fully saturated rings. The average Bonchev–Trinajstić information content (AvgIpc) is 0.722. The maximum atomic E-state index is 8.88. The number of hydrogen-bond donors (Lipinski definition) is 3. The maximum Gasteiger partial charge on any atom is 0.466 e. The molecule has 0 aromatic carbocycles. The van der Waals surface area contributed by atoms with Gasteiger partial charge in [-0.1, -0.05) is 7.43 Å². The van der Waals surface area contributed by atoms with Crippen LogP contribution in [0.25, 0.3) is 0 Å². The van der Waals surface area contributed by atoms with E-state index in [-0.39, 0.29) is 28.5 Å². The van der Waals surface area contributed by atoms with Gasteiger partial charge in [0.2, 0.25) is 0 Å². The van der Waals surface area contributed by atoms with Crippen molar-refractivity contribution in [3.05, 3.63) is 0 Å². The Morgan fingerprint density at radius 1 is 1.14 bits per heavy atom. The summed E-state index contributed by atoms with van der Waals surface area (Å²) in [4.78, 5) is 21.6. The summed E-state index contributed by atoms with van der Waals surface area (Å²) in [6, 6.07) is 0. The van der Waals surface area contributed by atoms with Gasteiger partial charge in [-0.25, -0.2) is 4.57 Å². The second kappa shape index (κ2) is 4.95. The van der Waals surface area contributed by atoms with Gasteiger partial charge in [0.05, 0.1) is 0 Å². The fraction of sp³-hybridized carbons (Fsp3) is 1.00. The predicted octanol–water partition coefficient (Wildman–Crippen LogP) is -0.295. The minimum Gasteiger partial charge on any atom is -0.303 e. The van der Waals surface area contributed by atoms with Crippen molar-refractivity contribution >= 4 is 7.82 Å². The Hall–Kier alpha value is 0.798. The quantitative estimate of drug-likeness (QED) is 0.379. The van der Waals surface area contributed by atoms with Crippen molar-refractivity contribution in [1.29, 1.82) is 0 Å². The minimum atomic E-state index is -4.64. The Bertz CT molecular complexity index is 57.8. The summed E-state index contributed by atoms with van der Waals surface area (Å²) >= 11 is 0. The SMILES string of the molecule is C.O=P(O)(O)O.[Mo]. The van der Waals surface area contributed by atoms with Crippen molar-refractivity contribution in [2.75, 3.05) is 0 Å². The molecule has 0 amide bonds.